The van der Waals surface area contributed by atoms with Gasteiger partial charge in [-0.15, -0.1) is 0 Å². The number of piperazine rings is 1. The van der Waals surface area contributed by atoms with E-state index in [1.165, 1.54) is 29.3 Å². The van der Waals surface area contributed by atoms with E-state index in [1.54, 1.807) is 43.6 Å². The number of carbonyl (C=O) groups is 1. The van der Waals surface area contributed by atoms with Crippen LogP contribution in [0.3, 0.4) is 0 Å². The molecule has 0 unspecified atom stereocenters. The van der Waals surface area contributed by atoms with E-state index < -0.39 is 9.84 Å². The van der Waals surface area contributed by atoms with Gasteiger partial charge in [0.25, 0.3) is 0 Å². The van der Waals surface area contributed by atoms with Crippen LogP contribution in [0.1, 0.15) is 44.1 Å². The van der Waals surface area contributed by atoms with Crippen molar-refractivity contribution in [1.82, 2.24) is 43.0 Å². The molecule has 2 fully saturated rings. The summed E-state index contributed by atoms with van der Waals surface area (Å²) in [4.78, 5) is 51.6. The molecule has 3 aromatic carbocycles. The molecule has 10 heterocycles. The number of ether oxygens (including phenoxy) is 1. The van der Waals surface area contributed by atoms with Crippen molar-refractivity contribution in [3.8, 4) is 22.5 Å². The third kappa shape index (κ3) is 13.5. The van der Waals surface area contributed by atoms with Crippen LogP contribution in [-0.4, -0.2) is 122 Å². The van der Waals surface area contributed by atoms with Crippen LogP contribution >= 0.6 is 0 Å². The molecular weight excluding hydrogens is 1150 g/mol. The number of aromatic amines is 1. The highest BCUT2D eigenvalue weighted by Gasteiger charge is 2.21. The number of fused-ring (bicyclic) bond motifs is 3. The normalized spacial score (nSPS) is 14.4. The molecule has 1 aliphatic carbocycles. The number of hydrogen-bond acceptors (Lipinski definition) is 15. The second-order valence-corrected chi connectivity index (χ2v) is 24.9. The van der Waals surface area contributed by atoms with Gasteiger partial charge in [0, 0.05) is 152 Å². The Bertz CT molecular complexity index is 4630. The topological polar surface area (TPSA) is 204 Å². The Morgan fingerprint density at radius 1 is 0.600 bits per heavy atom. The number of sulfone groups is 1. The molecule has 2 saturated heterocycles. The average Bonchev–Trinajstić information content (AvgIpc) is 2.51. The minimum absolute atomic E-state index is 0.131. The van der Waals surface area contributed by atoms with Crippen LogP contribution in [0, 0.1) is 13.8 Å². The van der Waals surface area contributed by atoms with Crippen molar-refractivity contribution in [2.45, 2.75) is 52.0 Å². The maximum atomic E-state index is 11.7. The molecule has 11 aromatic rings. The zero-order valence-corrected chi connectivity index (χ0v) is 52.1. The Morgan fingerprint density at radius 2 is 1.16 bits per heavy atom. The fourth-order valence-corrected chi connectivity index (χ4v) is 12.2. The molecule has 8 aromatic heterocycles. The maximum Gasteiger partial charge on any atom is 0.248 e. The lowest BCUT2D eigenvalue weighted by atomic mass is 10.1. The first-order valence-electron chi connectivity index (χ1n) is 30.2. The summed E-state index contributed by atoms with van der Waals surface area (Å²) in [5.74, 6) is 0.131. The van der Waals surface area contributed by atoms with Crippen LogP contribution in [0.2, 0.25) is 0 Å². The van der Waals surface area contributed by atoms with Gasteiger partial charge in [-0.05, 0) is 185 Å². The van der Waals surface area contributed by atoms with Crippen LogP contribution in [0.25, 0.3) is 45.0 Å². The van der Waals surface area contributed by atoms with E-state index in [-0.39, 0.29) is 16.2 Å². The zero-order chi connectivity index (χ0) is 62.5. The number of aromatic nitrogens is 8. The lowest BCUT2D eigenvalue weighted by Gasteiger charge is -2.38. The van der Waals surface area contributed by atoms with Crippen molar-refractivity contribution in [3.63, 3.8) is 0 Å². The van der Waals surface area contributed by atoms with Crippen LogP contribution in [-0.2, 0) is 19.4 Å². The van der Waals surface area contributed by atoms with Crippen molar-refractivity contribution in [3.05, 3.63) is 222 Å². The molecule has 0 amide bonds. The highest BCUT2D eigenvalue weighted by molar-refractivity contribution is 7.90. The maximum absolute atomic E-state index is 11.7. The minimum Gasteiger partial charge on any atom is -0.378 e. The van der Waals surface area contributed by atoms with E-state index in [2.05, 4.69) is 164 Å². The number of imidazole rings is 3. The standard InChI is InChI=1S/C27H31N5O.C24H25N5O.C19H16N4O3S/c1-19(2)30-14-16-31(17-15-30)24-8-6-23(7-9-24)29-25-10-11-26(32-13-12-28-27(25)32)22-5-4-21(18-22)20(3)33;1-17-15-20(5-7-22(17)28-11-13-30-14-12-28)27-21-6-8-23(29-10-9-25-24(21)29)19-4-3-18(2)26-16-19;1-27(25,26)15-4-2-14(3-5-15)22-16-6-7-17(23-11-10-21-19(16)23)13-8-9-20-18(24)12-13/h5-13,18-19,29H,4,14-17H2,1-3H3;3-10,15-16,27H,11-14H2,1-2H3;2-12,22H,1H3,(H,20,24). The predicted molar refractivity (Wildman–Crippen MR) is 360 cm³/mol. The highest BCUT2D eigenvalue weighted by atomic mass is 32.2. The van der Waals surface area contributed by atoms with Gasteiger partial charge in [-0.25, -0.2) is 23.4 Å². The molecule has 0 saturated carbocycles. The number of nitrogens with one attached hydrogen (secondary N) is 4. The highest BCUT2D eigenvalue weighted by Crippen LogP contribution is 2.34. The van der Waals surface area contributed by atoms with E-state index in [0.29, 0.717) is 18.1 Å². The van der Waals surface area contributed by atoms with E-state index in [1.807, 2.05) is 78.8 Å². The molecule has 20 heteroatoms. The van der Waals surface area contributed by atoms with Crippen LogP contribution in [0.4, 0.5) is 45.5 Å². The first kappa shape index (κ1) is 60.1. The molecule has 0 radical (unpaired) electrons. The first-order valence-corrected chi connectivity index (χ1v) is 32.1. The number of morpholine rings is 1. The Morgan fingerprint density at radius 3 is 1.69 bits per heavy atom. The second kappa shape index (κ2) is 26.3. The van der Waals surface area contributed by atoms with Gasteiger partial charge in [0.2, 0.25) is 5.56 Å². The summed E-state index contributed by atoms with van der Waals surface area (Å²) >= 11 is 0. The molecule has 458 valence electrons. The summed E-state index contributed by atoms with van der Waals surface area (Å²) in [5, 5.41) is 10.3. The van der Waals surface area contributed by atoms with Gasteiger partial charge >= 0.3 is 0 Å². The summed E-state index contributed by atoms with van der Waals surface area (Å²) < 4.78 is 34.7. The molecule has 14 rings (SSSR count). The fraction of sp³-hybridized carbons (Fsp3) is 0.229. The summed E-state index contributed by atoms with van der Waals surface area (Å²) in [6, 6.07) is 42.0. The number of pyridine rings is 5. The molecule has 0 bridgehead atoms. The lowest BCUT2D eigenvalue weighted by molar-refractivity contribution is -0.113. The smallest absolute Gasteiger partial charge is 0.248 e. The number of ketones is 1. The van der Waals surface area contributed by atoms with Crippen molar-refractivity contribution < 1.29 is 17.9 Å². The first-order chi connectivity index (χ1) is 43.6. The molecule has 3 aliphatic rings. The summed E-state index contributed by atoms with van der Waals surface area (Å²) in [6.45, 7) is 18.1. The van der Waals surface area contributed by atoms with Crippen molar-refractivity contribution in [2.24, 2.45) is 0 Å². The number of rotatable bonds is 14. The van der Waals surface area contributed by atoms with Gasteiger partial charge in [0.1, 0.15) is 0 Å². The predicted octanol–water partition coefficient (Wildman–Crippen LogP) is 12.3. The van der Waals surface area contributed by atoms with Crippen LogP contribution < -0.4 is 31.3 Å². The molecule has 0 atom stereocenters. The number of anilines is 8. The molecule has 0 spiro atoms. The van der Waals surface area contributed by atoms with Gasteiger partial charge in [0.15, 0.2) is 32.6 Å². The van der Waals surface area contributed by atoms with E-state index in [4.69, 9.17) is 4.74 Å². The number of carbonyl (C=O) groups excluding carboxylic acids is 1. The lowest BCUT2D eigenvalue weighted by Crippen LogP contribution is -2.48. The van der Waals surface area contributed by atoms with Crippen molar-refractivity contribution in [1.29, 1.82) is 0 Å². The minimum atomic E-state index is -3.23. The largest absolute Gasteiger partial charge is 0.378 e. The molecule has 2 aliphatic heterocycles. The number of H-pyrrole nitrogens is 1. The zero-order valence-electron chi connectivity index (χ0n) is 51.3. The van der Waals surface area contributed by atoms with Gasteiger partial charge in [-0.1, -0.05) is 6.08 Å². The van der Waals surface area contributed by atoms with E-state index in [9.17, 15) is 18.0 Å². The van der Waals surface area contributed by atoms with E-state index >= 15 is 0 Å². The number of hydrogen-bond donors (Lipinski definition) is 4. The Hall–Kier alpha value is -10.2. The van der Waals surface area contributed by atoms with Crippen LogP contribution in [0.15, 0.2) is 204 Å². The molecule has 90 heavy (non-hydrogen) atoms. The molecular formula is C70H72N14O5S. The Labute approximate surface area is 523 Å². The number of allylic oxidation sites excluding steroid dienone is 4. The number of nitrogens with zero attached hydrogens (tertiary/aromatic N) is 10. The third-order valence-electron chi connectivity index (χ3n) is 16.5. The summed E-state index contributed by atoms with van der Waals surface area (Å²) in [7, 11) is -3.23. The van der Waals surface area contributed by atoms with E-state index in [0.717, 1.165) is 143 Å². The van der Waals surface area contributed by atoms with Gasteiger partial charge < -0.3 is 35.5 Å². The third-order valence-corrected chi connectivity index (χ3v) is 17.6. The summed E-state index contributed by atoms with van der Waals surface area (Å²) in [5.41, 5.74) is 19.3. The van der Waals surface area contributed by atoms with Gasteiger partial charge in [-0.2, -0.15) is 0 Å². The monoisotopic (exact) mass is 1220 g/mol. The summed E-state index contributed by atoms with van der Waals surface area (Å²) in [6.07, 6.45) is 20.6. The Balaban J connectivity index is 0.000000131. The molecule has 4 N–H and O–H groups in total. The Kier molecular flexibility index (Phi) is 17.6. The number of Topliss-reactive ketones (excluding diaryl/α,β-unsaturated/α-hetero) is 1. The molecule has 19 nitrogen and oxygen atoms in total. The van der Waals surface area contributed by atoms with Crippen LogP contribution in [0.5, 0.6) is 0 Å². The quantitative estimate of drug-likeness (QED) is 0.0800. The van der Waals surface area contributed by atoms with Crippen molar-refractivity contribution >= 4 is 83.6 Å². The average molecular weight is 1220 g/mol. The SMILES string of the molecule is CC(=O)C1=CC(c2ccc(Nc3ccc(N4CCN(C(C)C)CC4)cc3)c3nccn23)=CC1.CS(=O)(=O)c1ccc(Nc2ccc(-c3cc[nH]c(=O)c3)n3ccnc23)cc1.Cc1ccc(-c2ccc(Nc3ccc(N4CCOCC4)c(C)c3)c3nccn23)cn1. The van der Waals surface area contributed by atoms with Gasteiger partial charge in [-0.3, -0.25) is 32.7 Å². The fourth-order valence-electron chi connectivity index (χ4n) is 11.6. The van der Waals surface area contributed by atoms with Gasteiger partial charge in [0.05, 0.1) is 52.3 Å². The number of aryl methyl sites for hydroxylation is 2. The van der Waals surface area contributed by atoms with Crippen molar-refractivity contribution in [2.75, 3.05) is 84.5 Å². The second-order valence-electron chi connectivity index (χ2n) is 22.9. The number of benzene rings is 3.